The molecule has 14 heavy (non-hydrogen) atoms. The lowest BCUT2D eigenvalue weighted by Crippen LogP contribution is -2.19. The number of carboxylic acid groups (broad SMARTS) is 1. The zero-order chi connectivity index (χ0) is 10.9. The van der Waals surface area contributed by atoms with Crippen LogP contribution in [0.2, 0.25) is 0 Å². The predicted molar refractivity (Wildman–Crippen MR) is 45.5 cm³/mol. The van der Waals surface area contributed by atoms with Gasteiger partial charge in [-0.2, -0.15) is 4.98 Å². The fourth-order valence-corrected chi connectivity index (χ4v) is 0.985. The fourth-order valence-electron chi connectivity index (χ4n) is 0.779. The van der Waals surface area contributed by atoms with Crippen LogP contribution in [0.3, 0.4) is 0 Å². The van der Waals surface area contributed by atoms with E-state index in [2.05, 4.69) is 4.98 Å². The number of rotatable bonds is 3. The number of aromatic carboxylic acids is 1. The van der Waals surface area contributed by atoms with Crippen LogP contribution in [0.4, 0.5) is 6.01 Å². The van der Waals surface area contributed by atoms with Gasteiger partial charge in [0.15, 0.2) is 5.69 Å². The number of hydrogen-bond donors (Lipinski definition) is 1. The van der Waals surface area contributed by atoms with E-state index < -0.39 is 17.2 Å². The summed E-state index contributed by atoms with van der Waals surface area (Å²) in [4.78, 5) is 14.0. The second kappa shape index (κ2) is 3.76. The quantitative estimate of drug-likeness (QED) is 0.712. The first-order valence-corrected chi connectivity index (χ1v) is 4.50. The third-order valence-corrected chi connectivity index (χ3v) is 2.08. The van der Waals surface area contributed by atoms with Crippen LogP contribution in [0.1, 0.15) is 16.2 Å². The van der Waals surface area contributed by atoms with Gasteiger partial charge in [0.1, 0.15) is 5.76 Å². The molecule has 78 valence electrons. The van der Waals surface area contributed by atoms with E-state index in [0.29, 0.717) is 4.31 Å². The van der Waals surface area contributed by atoms with Crippen molar-refractivity contribution < 1.29 is 23.1 Å². The second-order valence-electron chi connectivity index (χ2n) is 2.42. The number of nitrogens with zero attached hydrogens (tertiary/aromatic N) is 2. The van der Waals surface area contributed by atoms with Gasteiger partial charge in [-0.15, -0.1) is 0 Å². The van der Waals surface area contributed by atoms with E-state index in [-0.39, 0.29) is 17.5 Å². The Hall–Kier alpha value is -1.41. The second-order valence-corrected chi connectivity index (χ2v) is 3.40. The van der Waals surface area contributed by atoms with Crippen LogP contribution in [0, 0.1) is 6.92 Å². The van der Waals surface area contributed by atoms with Gasteiger partial charge in [-0.05, 0) is 6.92 Å². The molecule has 0 bridgehead atoms. The van der Waals surface area contributed by atoms with Gasteiger partial charge in [0.05, 0.1) is 11.3 Å². The molecule has 0 aliphatic heterocycles. The van der Waals surface area contributed by atoms with Crippen LogP contribution in [0.25, 0.3) is 0 Å². The third kappa shape index (κ3) is 1.91. The SMILES string of the molecule is Cc1oc(N(C)S(=O)[O-])nc1C(=O)O. The highest BCUT2D eigenvalue weighted by molar-refractivity contribution is 7.80. The molecule has 1 aromatic heterocycles. The zero-order valence-electron chi connectivity index (χ0n) is 7.38. The summed E-state index contributed by atoms with van der Waals surface area (Å²) in [6, 6.07) is -0.270. The first kappa shape index (κ1) is 10.7. The number of aromatic nitrogens is 1. The Bertz CT molecular complexity index is 388. The van der Waals surface area contributed by atoms with Gasteiger partial charge in [0, 0.05) is 7.05 Å². The monoisotopic (exact) mass is 219 g/mol. The molecule has 0 aliphatic carbocycles. The van der Waals surface area contributed by atoms with Crippen molar-refractivity contribution in [1.82, 2.24) is 4.98 Å². The molecule has 1 heterocycles. The average Bonchev–Trinajstić information content (AvgIpc) is 2.45. The molecular formula is C6H7N2O5S-. The maximum Gasteiger partial charge on any atom is 0.358 e. The van der Waals surface area contributed by atoms with E-state index in [0.717, 1.165) is 0 Å². The van der Waals surface area contributed by atoms with Crippen LogP contribution in [-0.2, 0) is 11.3 Å². The summed E-state index contributed by atoms with van der Waals surface area (Å²) in [6.07, 6.45) is 0. The highest BCUT2D eigenvalue weighted by Gasteiger charge is 2.18. The highest BCUT2D eigenvalue weighted by atomic mass is 32.2. The Kier molecular flexibility index (Phi) is 2.87. The van der Waals surface area contributed by atoms with Crippen molar-refractivity contribution in [2.45, 2.75) is 6.92 Å². The molecule has 1 unspecified atom stereocenters. The van der Waals surface area contributed by atoms with E-state index in [9.17, 15) is 13.6 Å². The van der Waals surface area contributed by atoms with Crippen LogP contribution in [-0.4, -0.2) is 31.9 Å². The van der Waals surface area contributed by atoms with E-state index in [1.54, 1.807) is 0 Å². The minimum atomic E-state index is -2.54. The van der Waals surface area contributed by atoms with Crippen molar-refractivity contribution in [2.75, 3.05) is 11.4 Å². The van der Waals surface area contributed by atoms with E-state index in [1.165, 1.54) is 14.0 Å². The number of oxazole rings is 1. The zero-order valence-corrected chi connectivity index (χ0v) is 8.20. The van der Waals surface area contributed by atoms with E-state index in [1.807, 2.05) is 0 Å². The molecule has 1 aromatic rings. The summed E-state index contributed by atoms with van der Waals surface area (Å²) in [5, 5.41) is 8.60. The minimum absolute atomic E-state index is 0.0600. The lowest BCUT2D eigenvalue weighted by atomic mass is 10.4. The molecule has 0 spiro atoms. The molecule has 8 heteroatoms. The summed E-state index contributed by atoms with van der Waals surface area (Å²) in [5.74, 6) is -1.20. The topological polar surface area (TPSA) is 107 Å². The summed E-state index contributed by atoms with van der Waals surface area (Å²) < 4.78 is 26.5. The Morgan fingerprint density at radius 2 is 2.29 bits per heavy atom. The maximum atomic E-state index is 10.5. The van der Waals surface area contributed by atoms with Crippen LogP contribution >= 0.6 is 0 Å². The molecule has 0 amide bonds. The molecule has 1 N–H and O–H groups in total. The largest absolute Gasteiger partial charge is 0.755 e. The van der Waals surface area contributed by atoms with Gasteiger partial charge in [-0.1, -0.05) is 0 Å². The van der Waals surface area contributed by atoms with Crippen molar-refractivity contribution in [2.24, 2.45) is 0 Å². The summed E-state index contributed by atoms with van der Waals surface area (Å²) >= 11 is -2.54. The molecular weight excluding hydrogens is 212 g/mol. The number of aryl methyl sites for hydroxylation is 1. The molecule has 0 fully saturated rings. The highest BCUT2D eigenvalue weighted by Crippen LogP contribution is 2.17. The number of carbonyl (C=O) groups is 1. The number of hydrogen-bond acceptors (Lipinski definition) is 5. The molecule has 0 aromatic carbocycles. The van der Waals surface area contributed by atoms with Crippen molar-refractivity contribution in [1.29, 1.82) is 0 Å². The summed E-state index contributed by atoms with van der Waals surface area (Å²) in [6.45, 7) is 1.39. The summed E-state index contributed by atoms with van der Waals surface area (Å²) in [7, 11) is 1.19. The maximum absolute atomic E-state index is 10.5. The van der Waals surface area contributed by atoms with Crippen LogP contribution in [0.5, 0.6) is 0 Å². The smallest absolute Gasteiger partial charge is 0.358 e. The molecule has 7 nitrogen and oxygen atoms in total. The van der Waals surface area contributed by atoms with Crippen LogP contribution in [0.15, 0.2) is 4.42 Å². The number of anilines is 1. The predicted octanol–water partition coefficient (Wildman–Crippen LogP) is -0.0885. The van der Waals surface area contributed by atoms with Gasteiger partial charge in [0.2, 0.25) is 0 Å². The molecule has 0 aliphatic rings. The van der Waals surface area contributed by atoms with Crippen molar-refractivity contribution in [3.63, 3.8) is 0 Å². The van der Waals surface area contributed by atoms with Gasteiger partial charge >= 0.3 is 12.0 Å². The van der Waals surface area contributed by atoms with Gasteiger partial charge < -0.3 is 14.1 Å². The lowest BCUT2D eigenvalue weighted by molar-refractivity contribution is 0.0689. The Labute approximate surface area is 81.8 Å². The van der Waals surface area contributed by atoms with E-state index >= 15 is 0 Å². The van der Waals surface area contributed by atoms with Gasteiger partial charge in [-0.25, -0.2) is 4.79 Å². The van der Waals surface area contributed by atoms with Crippen molar-refractivity contribution in [3.8, 4) is 0 Å². The standard InChI is InChI=1S/C6H8N2O5S/c1-3-4(5(9)10)7-6(13-3)8(2)14(11)12/h1-2H3,(H,9,10)(H,11,12)/p-1. The molecule has 1 rings (SSSR count). The average molecular weight is 219 g/mol. The molecule has 1 atom stereocenters. The third-order valence-electron chi connectivity index (χ3n) is 1.48. The number of carboxylic acids is 1. The molecule has 0 saturated carbocycles. The van der Waals surface area contributed by atoms with Crippen molar-refractivity contribution >= 4 is 23.3 Å². The van der Waals surface area contributed by atoms with Crippen molar-refractivity contribution in [3.05, 3.63) is 11.5 Å². The first-order chi connectivity index (χ1) is 6.43. The first-order valence-electron chi connectivity index (χ1n) is 3.47. The van der Waals surface area contributed by atoms with Gasteiger partial charge in [0.25, 0.3) is 0 Å². The lowest BCUT2D eigenvalue weighted by Gasteiger charge is -2.15. The van der Waals surface area contributed by atoms with Crippen LogP contribution < -0.4 is 4.31 Å². The minimum Gasteiger partial charge on any atom is -0.755 e. The van der Waals surface area contributed by atoms with Gasteiger partial charge in [-0.3, -0.25) is 8.51 Å². The molecule has 0 saturated heterocycles. The Balaban J connectivity index is 3.08. The fraction of sp³-hybridized carbons (Fsp3) is 0.333. The summed E-state index contributed by atoms with van der Waals surface area (Å²) in [5.41, 5.74) is -0.294. The normalized spacial score (nSPS) is 12.5. The molecule has 0 radical (unpaired) electrons. The Morgan fingerprint density at radius 3 is 2.64 bits per heavy atom. The Morgan fingerprint density at radius 1 is 1.71 bits per heavy atom. The van der Waals surface area contributed by atoms with E-state index in [4.69, 9.17) is 9.52 Å².